The summed E-state index contributed by atoms with van der Waals surface area (Å²) in [6.07, 6.45) is 8.84. The Labute approximate surface area is 56.1 Å². The molecule has 0 aromatic carbocycles. The van der Waals surface area contributed by atoms with Gasteiger partial charge in [-0.05, 0) is 6.08 Å². The van der Waals surface area contributed by atoms with Crippen LogP contribution >= 0.6 is 0 Å². The molecule has 0 aromatic heterocycles. The van der Waals surface area contributed by atoms with Gasteiger partial charge in [-0.15, -0.1) is 6.58 Å². The van der Waals surface area contributed by atoms with Crippen molar-refractivity contribution in [1.29, 1.82) is 0 Å². The third-order valence-electron chi connectivity index (χ3n) is 0.673. The Hall–Kier alpha value is -1.11. The molecule has 0 rings (SSSR count). The summed E-state index contributed by atoms with van der Waals surface area (Å²) in [6.45, 7) is 7.71. The highest BCUT2D eigenvalue weighted by Crippen LogP contribution is 1.71. The topological polar surface area (TPSA) is 12.4 Å². The lowest BCUT2D eigenvalue weighted by molar-refractivity contribution is 1.27. The van der Waals surface area contributed by atoms with E-state index in [-0.39, 0.29) is 0 Å². The molecule has 0 aliphatic rings. The zero-order chi connectivity index (χ0) is 6.95. The number of aliphatic imine (C=N–C) groups is 1. The van der Waals surface area contributed by atoms with Gasteiger partial charge in [0.05, 0.1) is 6.54 Å². The molecular formula is C8H11N. The standard InChI is InChI=1S/C8H11N/c1-3-5-6-8-9-7-4-2/h3-6,8H,1-2,7H2/b6-5+,9-8?. The molecule has 0 bridgehead atoms. The van der Waals surface area contributed by atoms with Crippen LogP contribution in [0.2, 0.25) is 0 Å². The Kier molecular flexibility index (Phi) is 6.04. The number of hydrogen-bond acceptors (Lipinski definition) is 1. The Morgan fingerprint density at radius 2 is 2.00 bits per heavy atom. The zero-order valence-corrected chi connectivity index (χ0v) is 5.46. The predicted octanol–water partition coefficient (Wildman–Crippen LogP) is 1.99. The maximum absolute atomic E-state index is 3.95. The normalized spacial score (nSPS) is 10.7. The second kappa shape index (κ2) is 6.89. The van der Waals surface area contributed by atoms with Gasteiger partial charge in [-0.3, -0.25) is 4.99 Å². The molecule has 9 heavy (non-hydrogen) atoms. The van der Waals surface area contributed by atoms with Crippen LogP contribution in [0.4, 0.5) is 0 Å². The lowest BCUT2D eigenvalue weighted by Gasteiger charge is -1.75. The number of nitrogens with zero attached hydrogens (tertiary/aromatic N) is 1. The summed E-state index contributed by atoms with van der Waals surface area (Å²) in [4.78, 5) is 3.95. The van der Waals surface area contributed by atoms with Crippen molar-refractivity contribution in [2.24, 2.45) is 4.99 Å². The molecule has 0 aromatic rings. The molecule has 0 atom stereocenters. The minimum absolute atomic E-state index is 0.682. The van der Waals surface area contributed by atoms with E-state index in [1.54, 1.807) is 18.4 Å². The van der Waals surface area contributed by atoms with Gasteiger partial charge in [-0.1, -0.05) is 24.8 Å². The van der Waals surface area contributed by atoms with E-state index < -0.39 is 0 Å². The second-order valence-corrected chi connectivity index (χ2v) is 1.42. The fourth-order valence-electron chi connectivity index (χ4n) is 0.325. The van der Waals surface area contributed by atoms with Crippen LogP contribution in [0.1, 0.15) is 0 Å². The van der Waals surface area contributed by atoms with E-state index in [2.05, 4.69) is 18.2 Å². The van der Waals surface area contributed by atoms with Crippen molar-refractivity contribution in [1.82, 2.24) is 0 Å². The molecule has 1 nitrogen and oxygen atoms in total. The summed E-state index contributed by atoms with van der Waals surface area (Å²) in [5.41, 5.74) is 0. The van der Waals surface area contributed by atoms with Crippen molar-refractivity contribution in [2.45, 2.75) is 0 Å². The van der Waals surface area contributed by atoms with Gasteiger partial charge >= 0.3 is 0 Å². The van der Waals surface area contributed by atoms with Crippen molar-refractivity contribution >= 4 is 6.21 Å². The van der Waals surface area contributed by atoms with E-state index in [0.717, 1.165) is 0 Å². The van der Waals surface area contributed by atoms with Crippen LogP contribution in [-0.2, 0) is 0 Å². The van der Waals surface area contributed by atoms with Crippen LogP contribution < -0.4 is 0 Å². The van der Waals surface area contributed by atoms with Crippen molar-refractivity contribution in [3.8, 4) is 0 Å². The van der Waals surface area contributed by atoms with Gasteiger partial charge in [-0.2, -0.15) is 0 Å². The van der Waals surface area contributed by atoms with E-state index in [9.17, 15) is 0 Å². The van der Waals surface area contributed by atoms with Crippen LogP contribution in [0, 0.1) is 0 Å². The van der Waals surface area contributed by atoms with Crippen LogP contribution in [-0.4, -0.2) is 12.8 Å². The Morgan fingerprint density at radius 1 is 1.22 bits per heavy atom. The van der Waals surface area contributed by atoms with Crippen LogP contribution in [0.5, 0.6) is 0 Å². The molecular weight excluding hydrogens is 110 g/mol. The molecule has 0 aliphatic carbocycles. The summed E-state index contributed by atoms with van der Waals surface area (Å²) in [5, 5.41) is 0. The average Bonchev–Trinajstić information content (AvgIpc) is 1.89. The fraction of sp³-hybridized carbons (Fsp3) is 0.125. The molecule has 0 heterocycles. The summed E-state index contributed by atoms with van der Waals surface area (Å²) in [5.74, 6) is 0. The molecule has 0 N–H and O–H groups in total. The molecule has 48 valence electrons. The molecule has 0 radical (unpaired) electrons. The lowest BCUT2D eigenvalue weighted by Crippen LogP contribution is -1.69. The molecule has 1 heteroatoms. The van der Waals surface area contributed by atoms with E-state index >= 15 is 0 Å². The first-order valence-electron chi connectivity index (χ1n) is 2.80. The monoisotopic (exact) mass is 121 g/mol. The van der Waals surface area contributed by atoms with Gasteiger partial charge in [0.15, 0.2) is 0 Å². The van der Waals surface area contributed by atoms with Crippen molar-refractivity contribution in [2.75, 3.05) is 6.54 Å². The average molecular weight is 121 g/mol. The van der Waals surface area contributed by atoms with Gasteiger partial charge in [0.2, 0.25) is 0 Å². The summed E-state index contributed by atoms with van der Waals surface area (Å²) in [7, 11) is 0. The highest BCUT2D eigenvalue weighted by molar-refractivity contribution is 5.71. The van der Waals surface area contributed by atoms with Gasteiger partial charge in [0.1, 0.15) is 0 Å². The molecule has 0 amide bonds. The second-order valence-electron chi connectivity index (χ2n) is 1.42. The molecule has 0 aliphatic heterocycles. The third kappa shape index (κ3) is 6.89. The number of allylic oxidation sites excluding steroid dienone is 3. The third-order valence-corrected chi connectivity index (χ3v) is 0.673. The summed E-state index contributed by atoms with van der Waals surface area (Å²) in [6, 6.07) is 0. The van der Waals surface area contributed by atoms with E-state index in [4.69, 9.17) is 0 Å². The summed E-state index contributed by atoms with van der Waals surface area (Å²) >= 11 is 0. The predicted molar refractivity (Wildman–Crippen MR) is 42.9 cm³/mol. The van der Waals surface area contributed by atoms with Gasteiger partial charge in [0.25, 0.3) is 0 Å². The SMILES string of the molecule is C=C/C=C/C=NCC=C. The minimum Gasteiger partial charge on any atom is -0.289 e. The largest absolute Gasteiger partial charge is 0.289 e. The van der Waals surface area contributed by atoms with Crippen molar-refractivity contribution in [3.63, 3.8) is 0 Å². The van der Waals surface area contributed by atoms with Crippen LogP contribution in [0.15, 0.2) is 42.5 Å². The lowest BCUT2D eigenvalue weighted by atomic mass is 10.5. The Balaban J connectivity index is 3.33. The number of rotatable bonds is 4. The number of hydrogen-bond donors (Lipinski definition) is 0. The first-order chi connectivity index (χ1) is 4.41. The Bertz CT molecular complexity index is 132. The van der Waals surface area contributed by atoms with E-state index in [0.29, 0.717) is 6.54 Å². The van der Waals surface area contributed by atoms with E-state index in [1.807, 2.05) is 12.2 Å². The maximum atomic E-state index is 3.95. The van der Waals surface area contributed by atoms with Gasteiger partial charge < -0.3 is 0 Å². The molecule has 0 saturated carbocycles. The summed E-state index contributed by atoms with van der Waals surface area (Å²) < 4.78 is 0. The fourth-order valence-corrected chi connectivity index (χ4v) is 0.325. The van der Waals surface area contributed by atoms with Crippen LogP contribution in [0.3, 0.4) is 0 Å². The molecule has 0 fully saturated rings. The molecule has 0 unspecified atom stereocenters. The quantitative estimate of drug-likeness (QED) is 0.306. The zero-order valence-electron chi connectivity index (χ0n) is 5.46. The van der Waals surface area contributed by atoms with Crippen LogP contribution in [0.25, 0.3) is 0 Å². The Morgan fingerprint density at radius 3 is 2.56 bits per heavy atom. The first kappa shape index (κ1) is 7.89. The molecule has 0 saturated heterocycles. The van der Waals surface area contributed by atoms with Gasteiger partial charge in [0, 0.05) is 6.21 Å². The molecule has 0 spiro atoms. The minimum atomic E-state index is 0.682. The highest BCUT2D eigenvalue weighted by atomic mass is 14.7. The maximum Gasteiger partial charge on any atom is 0.0567 e. The van der Waals surface area contributed by atoms with Gasteiger partial charge in [-0.25, -0.2) is 0 Å². The smallest absolute Gasteiger partial charge is 0.0567 e. The van der Waals surface area contributed by atoms with Crippen molar-refractivity contribution in [3.05, 3.63) is 37.5 Å². The van der Waals surface area contributed by atoms with Crippen molar-refractivity contribution < 1.29 is 0 Å². The highest BCUT2D eigenvalue weighted by Gasteiger charge is 1.62. The first-order valence-corrected chi connectivity index (χ1v) is 2.80. The van der Waals surface area contributed by atoms with E-state index in [1.165, 1.54) is 0 Å².